The van der Waals surface area contributed by atoms with E-state index in [1.54, 1.807) is 36.7 Å². The molecule has 0 bridgehead atoms. The standard InChI is InChI=1S/C17H17FN4O3S/c1-26-12-2-3-14(13(18)9-12)20-22-15-4-5-19-10-11(15)8-16(22)17(24)21-25-7-6-23/h2-5,8-10,20,23H,6-7H2,1H3,(H,21,24). The van der Waals surface area contributed by atoms with E-state index in [0.29, 0.717) is 10.9 Å². The number of aromatic nitrogens is 2. The second-order valence-corrected chi connectivity index (χ2v) is 6.14. The van der Waals surface area contributed by atoms with Crippen molar-refractivity contribution >= 4 is 34.3 Å². The highest BCUT2D eigenvalue weighted by atomic mass is 32.2. The van der Waals surface area contributed by atoms with Gasteiger partial charge in [-0.05, 0) is 36.6 Å². The summed E-state index contributed by atoms with van der Waals surface area (Å²) in [5.74, 6) is -0.973. The van der Waals surface area contributed by atoms with Gasteiger partial charge in [-0.1, -0.05) is 0 Å². The first-order valence-corrected chi connectivity index (χ1v) is 8.95. The number of aliphatic hydroxyl groups excluding tert-OH is 1. The number of thioether (sulfide) groups is 1. The van der Waals surface area contributed by atoms with Crippen LogP contribution in [0, 0.1) is 5.82 Å². The SMILES string of the molecule is CSc1ccc(Nn2c(C(=O)NOCCO)cc3cnccc32)c(F)c1. The number of rotatable bonds is 7. The highest BCUT2D eigenvalue weighted by Crippen LogP contribution is 2.24. The van der Waals surface area contributed by atoms with E-state index in [2.05, 4.69) is 15.9 Å². The summed E-state index contributed by atoms with van der Waals surface area (Å²) in [7, 11) is 0. The van der Waals surface area contributed by atoms with Gasteiger partial charge in [0.1, 0.15) is 11.5 Å². The third-order valence-electron chi connectivity index (χ3n) is 3.60. The maximum atomic E-state index is 14.4. The van der Waals surface area contributed by atoms with E-state index in [0.717, 1.165) is 4.90 Å². The molecule has 0 aliphatic heterocycles. The molecule has 3 N–H and O–H groups in total. The lowest BCUT2D eigenvalue weighted by atomic mass is 10.3. The molecule has 9 heteroatoms. The molecule has 2 aromatic heterocycles. The molecule has 1 amide bonds. The Hall–Kier alpha value is -2.62. The Labute approximate surface area is 153 Å². The second-order valence-electron chi connectivity index (χ2n) is 5.26. The van der Waals surface area contributed by atoms with Gasteiger partial charge in [-0.25, -0.2) is 14.5 Å². The van der Waals surface area contributed by atoms with Crippen molar-refractivity contribution in [1.82, 2.24) is 15.1 Å². The summed E-state index contributed by atoms with van der Waals surface area (Å²) in [6.07, 6.45) is 5.05. The van der Waals surface area contributed by atoms with Crippen LogP contribution in [-0.4, -0.2) is 40.1 Å². The second kappa shape index (κ2) is 8.17. The van der Waals surface area contributed by atoms with Crippen molar-refractivity contribution in [2.75, 3.05) is 24.9 Å². The molecular formula is C17H17FN4O3S. The lowest BCUT2D eigenvalue weighted by molar-refractivity contribution is 0.0163. The molecule has 0 saturated carbocycles. The summed E-state index contributed by atoms with van der Waals surface area (Å²) < 4.78 is 15.8. The summed E-state index contributed by atoms with van der Waals surface area (Å²) in [4.78, 5) is 22.1. The average molecular weight is 376 g/mol. The normalized spacial score (nSPS) is 10.9. The highest BCUT2D eigenvalue weighted by molar-refractivity contribution is 7.98. The van der Waals surface area contributed by atoms with Gasteiger partial charge >= 0.3 is 0 Å². The van der Waals surface area contributed by atoms with E-state index in [9.17, 15) is 9.18 Å². The number of hydroxylamine groups is 1. The van der Waals surface area contributed by atoms with Crippen LogP contribution in [0.5, 0.6) is 0 Å². The summed E-state index contributed by atoms with van der Waals surface area (Å²) in [5, 5.41) is 9.44. The molecule has 3 rings (SSSR count). The number of hydrogen-bond acceptors (Lipinski definition) is 6. The Morgan fingerprint density at radius 3 is 2.96 bits per heavy atom. The molecule has 0 fully saturated rings. The molecule has 0 saturated heterocycles. The fourth-order valence-corrected chi connectivity index (χ4v) is 2.82. The zero-order valence-corrected chi connectivity index (χ0v) is 14.7. The molecule has 3 aromatic rings. The number of fused-ring (bicyclic) bond motifs is 1. The molecule has 0 atom stereocenters. The van der Waals surface area contributed by atoms with Gasteiger partial charge in [0, 0.05) is 22.7 Å². The third-order valence-corrected chi connectivity index (χ3v) is 4.33. The predicted octanol–water partition coefficient (Wildman–Crippen LogP) is 2.43. The minimum Gasteiger partial charge on any atom is -0.394 e. The van der Waals surface area contributed by atoms with Crippen LogP contribution in [0.25, 0.3) is 10.9 Å². The number of aliphatic hydroxyl groups is 1. The van der Waals surface area contributed by atoms with Crippen molar-refractivity contribution in [3.63, 3.8) is 0 Å². The van der Waals surface area contributed by atoms with Gasteiger partial charge in [0.25, 0.3) is 5.91 Å². The van der Waals surface area contributed by atoms with E-state index < -0.39 is 11.7 Å². The van der Waals surface area contributed by atoms with Crippen LogP contribution in [0.3, 0.4) is 0 Å². The van der Waals surface area contributed by atoms with Crippen LogP contribution in [0.1, 0.15) is 10.5 Å². The van der Waals surface area contributed by atoms with Crippen LogP contribution >= 0.6 is 11.8 Å². The minimum atomic E-state index is -0.539. The van der Waals surface area contributed by atoms with Gasteiger partial charge in [0.15, 0.2) is 0 Å². The van der Waals surface area contributed by atoms with E-state index in [-0.39, 0.29) is 24.6 Å². The van der Waals surface area contributed by atoms with Gasteiger partial charge in [-0.15, -0.1) is 11.8 Å². The van der Waals surface area contributed by atoms with Crippen molar-refractivity contribution in [3.8, 4) is 0 Å². The zero-order valence-electron chi connectivity index (χ0n) is 13.9. The molecule has 0 aliphatic rings. The van der Waals surface area contributed by atoms with Gasteiger partial charge in [0.05, 0.1) is 24.4 Å². The average Bonchev–Trinajstić information content (AvgIpc) is 3.02. The van der Waals surface area contributed by atoms with E-state index in [1.165, 1.54) is 22.5 Å². The fraction of sp³-hybridized carbons (Fsp3) is 0.176. The zero-order chi connectivity index (χ0) is 18.5. The van der Waals surface area contributed by atoms with Crippen molar-refractivity contribution in [3.05, 3.63) is 54.2 Å². The van der Waals surface area contributed by atoms with Gasteiger partial charge in [-0.2, -0.15) is 0 Å². The number of nitrogens with zero attached hydrogens (tertiary/aromatic N) is 2. The Morgan fingerprint density at radius 2 is 2.23 bits per heavy atom. The third kappa shape index (κ3) is 3.79. The summed E-state index contributed by atoms with van der Waals surface area (Å²) in [5.41, 5.74) is 6.25. The summed E-state index contributed by atoms with van der Waals surface area (Å²) in [6.45, 7) is -0.260. The maximum Gasteiger partial charge on any atom is 0.293 e. The van der Waals surface area contributed by atoms with Crippen LogP contribution in [-0.2, 0) is 4.84 Å². The predicted molar refractivity (Wildman–Crippen MR) is 97.4 cm³/mol. The van der Waals surface area contributed by atoms with Crippen molar-refractivity contribution in [1.29, 1.82) is 0 Å². The van der Waals surface area contributed by atoms with Crippen LogP contribution in [0.2, 0.25) is 0 Å². The minimum absolute atomic E-state index is 0.0360. The molecule has 1 aromatic carbocycles. The van der Waals surface area contributed by atoms with Crippen molar-refractivity contribution in [2.24, 2.45) is 0 Å². The first-order chi connectivity index (χ1) is 12.6. The summed E-state index contributed by atoms with van der Waals surface area (Å²) in [6, 6.07) is 8.14. The fourth-order valence-electron chi connectivity index (χ4n) is 2.39. The van der Waals surface area contributed by atoms with Crippen LogP contribution < -0.4 is 10.9 Å². The molecule has 0 spiro atoms. The quantitative estimate of drug-likeness (QED) is 0.333. The summed E-state index contributed by atoms with van der Waals surface area (Å²) >= 11 is 1.44. The first-order valence-electron chi connectivity index (χ1n) is 7.73. The number of anilines is 1. The van der Waals surface area contributed by atoms with Crippen molar-refractivity contribution in [2.45, 2.75) is 4.90 Å². The van der Waals surface area contributed by atoms with Crippen LogP contribution in [0.4, 0.5) is 10.1 Å². The van der Waals surface area contributed by atoms with Gasteiger partial charge in [-0.3, -0.25) is 20.0 Å². The molecule has 0 unspecified atom stereocenters. The monoisotopic (exact) mass is 376 g/mol. The van der Waals surface area contributed by atoms with Gasteiger partial charge in [0.2, 0.25) is 0 Å². The maximum absolute atomic E-state index is 14.4. The number of amides is 1. The number of pyridine rings is 1. The largest absolute Gasteiger partial charge is 0.394 e. The number of hydrogen-bond donors (Lipinski definition) is 3. The molecule has 7 nitrogen and oxygen atoms in total. The number of carbonyl (C=O) groups excluding carboxylic acids is 1. The topological polar surface area (TPSA) is 88.4 Å². The lowest BCUT2D eigenvalue weighted by Crippen LogP contribution is -2.29. The van der Waals surface area contributed by atoms with E-state index in [1.807, 2.05) is 6.26 Å². The lowest BCUT2D eigenvalue weighted by Gasteiger charge is -2.14. The first kappa shape index (κ1) is 18.2. The molecular weight excluding hydrogens is 359 g/mol. The highest BCUT2D eigenvalue weighted by Gasteiger charge is 2.17. The molecule has 0 aliphatic carbocycles. The molecule has 2 heterocycles. The number of carbonyl (C=O) groups is 1. The number of halogens is 1. The molecule has 26 heavy (non-hydrogen) atoms. The Kier molecular flexibility index (Phi) is 5.71. The Morgan fingerprint density at radius 1 is 1.38 bits per heavy atom. The number of nitrogens with one attached hydrogen (secondary N) is 2. The van der Waals surface area contributed by atoms with E-state index in [4.69, 9.17) is 9.94 Å². The Bertz CT molecular complexity index is 932. The number of benzene rings is 1. The molecule has 136 valence electrons. The Balaban J connectivity index is 1.98. The van der Waals surface area contributed by atoms with Crippen molar-refractivity contribution < 1.29 is 19.1 Å². The van der Waals surface area contributed by atoms with Crippen LogP contribution in [0.15, 0.2) is 47.6 Å². The smallest absolute Gasteiger partial charge is 0.293 e. The van der Waals surface area contributed by atoms with Gasteiger partial charge < -0.3 is 5.11 Å². The molecule has 0 radical (unpaired) electrons. The van der Waals surface area contributed by atoms with E-state index >= 15 is 0 Å².